The Balaban J connectivity index is 1.79. The molecule has 6 nitrogen and oxygen atoms in total. The summed E-state index contributed by atoms with van der Waals surface area (Å²) in [6.07, 6.45) is 0.00154. The summed E-state index contributed by atoms with van der Waals surface area (Å²) in [5, 5.41) is 11.4. The molecule has 28 heavy (non-hydrogen) atoms. The molecule has 0 aliphatic carbocycles. The van der Waals surface area contributed by atoms with E-state index < -0.39 is 11.7 Å². The number of benzene rings is 2. The van der Waals surface area contributed by atoms with Crippen LogP contribution in [0.25, 0.3) is 10.8 Å². The minimum Gasteiger partial charge on any atom is -0.444 e. The first-order chi connectivity index (χ1) is 13.3. The molecule has 1 saturated heterocycles. The first-order valence-corrected chi connectivity index (χ1v) is 9.67. The van der Waals surface area contributed by atoms with Gasteiger partial charge in [-0.1, -0.05) is 36.4 Å². The first-order valence-electron chi connectivity index (χ1n) is 9.67. The fraction of sp³-hybridized carbons (Fsp3) is 0.455. The highest BCUT2D eigenvalue weighted by atomic mass is 16.6. The molecule has 2 aromatic rings. The van der Waals surface area contributed by atoms with E-state index in [2.05, 4.69) is 0 Å². The molecule has 150 valence electrons. The van der Waals surface area contributed by atoms with Crippen molar-refractivity contribution in [3.8, 4) is 0 Å². The summed E-state index contributed by atoms with van der Waals surface area (Å²) in [5.74, 6) is -0.0522. The standard InChI is InChI=1S/C22H28N2O4/c1-22(2,3)28-21(27)24-13-12-23(15-17(24)11-14-25)20(26)19-10-6-8-16-7-4-5-9-18(16)19/h4-10,17,25H,11-15H2,1-3H3/t17-/m0/s1. The Labute approximate surface area is 165 Å². The lowest BCUT2D eigenvalue weighted by Gasteiger charge is -2.41. The van der Waals surface area contributed by atoms with Gasteiger partial charge in [0.25, 0.3) is 5.91 Å². The van der Waals surface area contributed by atoms with Gasteiger partial charge in [0.05, 0.1) is 6.04 Å². The molecule has 1 fully saturated rings. The van der Waals surface area contributed by atoms with Gasteiger partial charge in [-0.3, -0.25) is 4.79 Å². The van der Waals surface area contributed by atoms with Crippen LogP contribution in [0.4, 0.5) is 4.79 Å². The third-order valence-electron chi connectivity index (χ3n) is 4.88. The zero-order chi connectivity index (χ0) is 20.3. The van der Waals surface area contributed by atoms with Gasteiger partial charge in [0.15, 0.2) is 0 Å². The Bertz CT molecular complexity index is 854. The number of nitrogens with zero attached hydrogens (tertiary/aromatic N) is 2. The van der Waals surface area contributed by atoms with Crippen molar-refractivity contribution in [2.45, 2.75) is 38.8 Å². The summed E-state index contributed by atoms with van der Waals surface area (Å²) < 4.78 is 5.49. The number of amides is 2. The summed E-state index contributed by atoms with van der Waals surface area (Å²) >= 11 is 0. The van der Waals surface area contributed by atoms with Crippen molar-refractivity contribution in [3.05, 3.63) is 48.0 Å². The minimum atomic E-state index is -0.587. The molecule has 2 amide bonds. The Morgan fingerprint density at radius 3 is 2.54 bits per heavy atom. The number of ether oxygens (including phenoxy) is 1. The molecule has 6 heteroatoms. The predicted octanol–water partition coefficient (Wildman–Crippen LogP) is 3.28. The largest absolute Gasteiger partial charge is 0.444 e. The van der Waals surface area contributed by atoms with E-state index >= 15 is 0 Å². The van der Waals surface area contributed by atoms with Gasteiger partial charge in [0.1, 0.15) is 5.60 Å². The molecule has 1 N–H and O–H groups in total. The van der Waals surface area contributed by atoms with Gasteiger partial charge < -0.3 is 19.6 Å². The molecule has 1 aliphatic heterocycles. The molecule has 3 rings (SSSR count). The van der Waals surface area contributed by atoms with Crippen molar-refractivity contribution in [1.82, 2.24) is 9.80 Å². The number of carbonyl (C=O) groups excluding carboxylic acids is 2. The van der Waals surface area contributed by atoms with Crippen molar-refractivity contribution in [2.24, 2.45) is 0 Å². The molecule has 0 bridgehead atoms. The van der Waals surface area contributed by atoms with Gasteiger partial charge in [0.2, 0.25) is 0 Å². The van der Waals surface area contributed by atoms with Crippen molar-refractivity contribution < 1.29 is 19.4 Å². The lowest BCUT2D eigenvalue weighted by molar-refractivity contribution is -0.00399. The van der Waals surface area contributed by atoms with Crippen molar-refractivity contribution >= 4 is 22.8 Å². The first kappa shape index (κ1) is 20.1. The van der Waals surface area contributed by atoms with Crippen LogP contribution >= 0.6 is 0 Å². The normalized spacial score (nSPS) is 17.6. The molecule has 0 spiro atoms. The SMILES string of the molecule is CC(C)(C)OC(=O)N1CCN(C(=O)c2cccc3ccccc23)C[C@@H]1CCO. The molecule has 0 radical (unpaired) electrons. The lowest BCUT2D eigenvalue weighted by Crippen LogP contribution is -2.57. The maximum absolute atomic E-state index is 13.2. The van der Waals surface area contributed by atoms with Crippen LogP contribution in [-0.2, 0) is 4.74 Å². The zero-order valence-electron chi connectivity index (χ0n) is 16.7. The quantitative estimate of drug-likeness (QED) is 0.882. The number of aliphatic hydroxyl groups excluding tert-OH is 1. The number of piperazine rings is 1. The summed E-state index contributed by atoms with van der Waals surface area (Å²) in [5.41, 5.74) is 0.0723. The van der Waals surface area contributed by atoms with Crippen LogP contribution < -0.4 is 0 Å². The van der Waals surface area contributed by atoms with Crippen LogP contribution in [0.5, 0.6) is 0 Å². The molecule has 0 saturated carbocycles. The van der Waals surface area contributed by atoms with Crippen LogP contribution in [0.3, 0.4) is 0 Å². The monoisotopic (exact) mass is 384 g/mol. The maximum atomic E-state index is 13.2. The maximum Gasteiger partial charge on any atom is 0.410 e. The Hall–Kier alpha value is -2.60. The Morgan fingerprint density at radius 2 is 1.82 bits per heavy atom. The second-order valence-electron chi connectivity index (χ2n) is 8.12. The number of aliphatic hydroxyl groups is 1. The molecule has 1 aliphatic rings. The lowest BCUT2D eigenvalue weighted by atomic mass is 10.0. The molecule has 1 atom stereocenters. The van der Waals surface area contributed by atoms with E-state index in [0.29, 0.717) is 31.6 Å². The van der Waals surface area contributed by atoms with Gasteiger partial charge >= 0.3 is 6.09 Å². The Morgan fingerprint density at radius 1 is 1.11 bits per heavy atom. The van der Waals surface area contributed by atoms with E-state index in [1.807, 2.05) is 63.2 Å². The third kappa shape index (κ3) is 4.44. The van der Waals surface area contributed by atoms with Gasteiger partial charge in [-0.25, -0.2) is 4.79 Å². The molecular formula is C22H28N2O4. The average Bonchev–Trinajstić information content (AvgIpc) is 2.66. The van der Waals surface area contributed by atoms with E-state index in [0.717, 1.165) is 10.8 Å². The van der Waals surface area contributed by atoms with Crippen LogP contribution in [0.1, 0.15) is 37.6 Å². The van der Waals surface area contributed by atoms with Crippen LogP contribution in [-0.4, -0.2) is 64.8 Å². The number of fused-ring (bicyclic) bond motifs is 1. The second-order valence-corrected chi connectivity index (χ2v) is 8.12. The van der Waals surface area contributed by atoms with E-state index in [4.69, 9.17) is 4.74 Å². The molecular weight excluding hydrogens is 356 g/mol. The van der Waals surface area contributed by atoms with Crippen LogP contribution in [0.2, 0.25) is 0 Å². The van der Waals surface area contributed by atoms with Gasteiger partial charge in [0, 0.05) is 31.8 Å². The van der Waals surface area contributed by atoms with E-state index in [9.17, 15) is 14.7 Å². The van der Waals surface area contributed by atoms with E-state index in [1.54, 1.807) is 9.80 Å². The predicted molar refractivity (Wildman–Crippen MR) is 108 cm³/mol. The molecule has 0 aromatic heterocycles. The Kier molecular flexibility index (Phi) is 5.89. The summed E-state index contributed by atoms with van der Waals surface area (Å²) in [6, 6.07) is 13.3. The van der Waals surface area contributed by atoms with Crippen molar-refractivity contribution in [2.75, 3.05) is 26.2 Å². The minimum absolute atomic E-state index is 0.0522. The smallest absolute Gasteiger partial charge is 0.410 e. The van der Waals surface area contributed by atoms with Gasteiger partial charge in [-0.15, -0.1) is 0 Å². The molecule has 0 unspecified atom stereocenters. The second kappa shape index (κ2) is 8.19. The molecule has 1 heterocycles. The summed E-state index contributed by atoms with van der Waals surface area (Å²) in [6.45, 7) is 6.62. The van der Waals surface area contributed by atoms with E-state index in [1.165, 1.54) is 0 Å². The van der Waals surface area contributed by atoms with Crippen molar-refractivity contribution in [1.29, 1.82) is 0 Å². The fourth-order valence-electron chi connectivity index (χ4n) is 3.58. The van der Waals surface area contributed by atoms with E-state index in [-0.39, 0.29) is 18.6 Å². The number of hydrogen-bond acceptors (Lipinski definition) is 4. The van der Waals surface area contributed by atoms with Gasteiger partial charge in [-0.2, -0.15) is 0 Å². The number of carbonyl (C=O) groups is 2. The third-order valence-corrected chi connectivity index (χ3v) is 4.88. The average molecular weight is 384 g/mol. The van der Waals surface area contributed by atoms with Crippen LogP contribution in [0.15, 0.2) is 42.5 Å². The van der Waals surface area contributed by atoms with Gasteiger partial charge in [-0.05, 0) is 44.0 Å². The highest BCUT2D eigenvalue weighted by molar-refractivity contribution is 6.07. The molecule has 2 aromatic carbocycles. The highest BCUT2D eigenvalue weighted by Crippen LogP contribution is 2.23. The number of rotatable bonds is 3. The topological polar surface area (TPSA) is 70.1 Å². The fourth-order valence-corrected chi connectivity index (χ4v) is 3.58. The summed E-state index contributed by atoms with van der Waals surface area (Å²) in [7, 11) is 0. The zero-order valence-corrected chi connectivity index (χ0v) is 16.7. The highest BCUT2D eigenvalue weighted by Gasteiger charge is 2.35. The summed E-state index contributed by atoms with van der Waals surface area (Å²) in [4.78, 5) is 29.1. The number of hydrogen-bond donors (Lipinski definition) is 1. The van der Waals surface area contributed by atoms with Crippen molar-refractivity contribution in [3.63, 3.8) is 0 Å². The van der Waals surface area contributed by atoms with Crippen LogP contribution in [0, 0.1) is 0 Å².